The van der Waals surface area contributed by atoms with E-state index in [2.05, 4.69) is 12.2 Å². The van der Waals surface area contributed by atoms with Gasteiger partial charge in [0, 0.05) is 23.1 Å². The number of nitrogens with zero attached hydrogens (tertiary/aromatic N) is 2. The average molecular weight is 470 g/mol. The van der Waals surface area contributed by atoms with Gasteiger partial charge in [-0.2, -0.15) is 5.10 Å². The SMILES string of the molecule is COC1=C(OC)CC2(C)Cc3c(Nc4ccc(C)c(F)c4)nn(COC(=O)C(C)(C)C)c3C2=C1. The number of ether oxygens (including phenoxy) is 3. The molecular formula is C26H32FN3O4. The molecule has 4 rings (SSSR count). The van der Waals surface area contributed by atoms with Gasteiger partial charge in [-0.3, -0.25) is 4.79 Å². The summed E-state index contributed by atoms with van der Waals surface area (Å²) in [5.41, 5.74) is 3.20. The number of carbonyl (C=O) groups excluding carboxylic acids is 1. The Morgan fingerprint density at radius 3 is 2.59 bits per heavy atom. The molecule has 1 unspecified atom stereocenters. The summed E-state index contributed by atoms with van der Waals surface area (Å²) in [6.45, 7) is 9.30. The third-order valence-electron chi connectivity index (χ3n) is 6.45. The van der Waals surface area contributed by atoms with Crippen molar-refractivity contribution in [3.63, 3.8) is 0 Å². The van der Waals surface area contributed by atoms with E-state index in [1.807, 2.05) is 32.9 Å². The van der Waals surface area contributed by atoms with Crippen molar-refractivity contribution in [2.75, 3.05) is 19.5 Å². The number of benzene rings is 1. The van der Waals surface area contributed by atoms with Crippen LogP contribution in [0.5, 0.6) is 0 Å². The molecule has 1 atom stereocenters. The minimum atomic E-state index is -0.630. The summed E-state index contributed by atoms with van der Waals surface area (Å²) in [6.07, 6.45) is 3.34. The number of hydrogen-bond acceptors (Lipinski definition) is 6. The Labute approximate surface area is 199 Å². The molecule has 34 heavy (non-hydrogen) atoms. The van der Waals surface area contributed by atoms with Crippen molar-refractivity contribution in [3.8, 4) is 0 Å². The molecule has 182 valence electrons. The van der Waals surface area contributed by atoms with Gasteiger partial charge < -0.3 is 19.5 Å². The fraction of sp³-hybridized carbons (Fsp3) is 0.462. The van der Waals surface area contributed by atoms with E-state index in [-0.39, 0.29) is 23.9 Å². The van der Waals surface area contributed by atoms with E-state index in [1.165, 1.54) is 6.07 Å². The van der Waals surface area contributed by atoms with Crippen LogP contribution in [0.2, 0.25) is 0 Å². The zero-order valence-corrected chi connectivity index (χ0v) is 20.8. The second-order valence-electron chi connectivity index (χ2n) is 10.2. The molecule has 0 fully saturated rings. The molecule has 1 N–H and O–H groups in total. The van der Waals surface area contributed by atoms with E-state index >= 15 is 0 Å². The third kappa shape index (κ3) is 4.17. The molecule has 0 radical (unpaired) electrons. The van der Waals surface area contributed by atoms with Crippen molar-refractivity contribution < 1.29 is 23.4 Å². The lowest BCUT2D eigenvalue weighted by Crippen LogP contribution is -2.26. The van der Waals surface area contributed by atoms with Crippen LogP contribution in [0.4, 0.5) is 15.9 Å². The maximum Gasteiger partial charge on any atom is 0.313 e. The Morgan fingerprint density at radius 1 is 1.24 bits per heavy atom. The molecule has 0 spiro atoms. The maximum absolute atomic E-state index is 14.2. The summed E-state index contributed by atoms with van der Waals surface area (Å²) < 4.78 is 32.7. The number of aromatic nitrogens is 2. The molecule has 0 amide bonds. The predicted octanol–water partition coefficient (Wildman–Crippen LogP) is 5.47. The number of rotatable bonds is 6. The van der Waals surface area contributed by atoms with Gasteiger partial charge in [-0.25, -0.2) is 9.07 Å². The fourth-order valence-corrected chi connectivity index (χ4v) is 4.48. The molecule has 8 heteroatoms. The molecule has 1 aromatic heterocycles. The molecule has 2 aliphatic rings. The fourth-order valence-electron chi connectivity index (χ4n) is 4.48. The third-order valence-corrected chi connectivity index (χ3v) is 6.45. The van der Waals surface area contributed by atoms with Gasteiger partial charge in [0.2, 0.25) is 0 Å². The molecule has 2 aromatic rings. The summed E-state index contributed by atoms with van der Waals surface area (Å²) >= 11 is 0. The van der Waals surface area contributed by atoms with Crippen LogP contribution in [0.1, 0.15) is 50.9 Å². The first-order chi connectivity index (χ1) is 16.0. The van der Waals surface area contributed by atoms with Crippen molar-refractivity contribution in [2.45, 2.75) is 54.2 Å². The number of aryl methyl sites for hydroxylation is 1. The first-order valence-corrected chi connectivity index (χ1v) is 11.3. The number of anilines is 2. The molecule has 0 saturated carbocycles. The van der Waals surface area contributed by atoms with E-state index in [0.29, 0.717) is 35.7 Å². The van der Waals surface area contributed by atoms with Crippen LogP contribution in [0.25, 0.3) is 5.57 Å². The summed E-state index contributed by atoms with van der Waals surface area (Å²) in [5, 5.41) is 7.99. The van der Waals surface area contributed by atoms with Gasteiger partial charge in [-0.1, -0.05) is 13.0 Å². The second kappa shape index (κ2) is 8.49. The van der Waals surface area contributed by atoms with E-state index < -0.39 is 5.41 Å². The van der Waals surface area contributed by atoms with Gasteiger partial charge in [0.15, 0.2) is 18.3 Å². The van der Waals surface area contributed by atoms with Gasteiger partial charge in [-0.15, -0.1) is 0 Å². The Hall–Kier alpha value is -3.29. The van der Waals surface area contributed by atoms with Crippen LogP contribution in [-0.4, -0.2) is 30.0 Å². The smallest absolute Gasteiger partial charge is 0.313 e. The standard InChI is InChI=1S/C26H32FN3O4/c1-15-8-9-16(10-19(15)27)28-23-17-12-26(5)13-21(33-7)20(32-6)11-18(26)22(17)30(29-23)14-34-24(31)25(2,3)4/h8-11H,12-14H2,1-7H3,(H,28,29). The van der Waals surface area contributed by atoms with E-state index in [0.717, 1.165) is 22.6 Å². The molecule has 0 aliphatic heterocycles. The highest BCUT2D eigenvalue weighted by molar-refractivity contribution is 5.82. The molecule has 7 nitrogen and oxygen atoms in total. The predicted molar refractivity (Wildman–Crippen MR) is 128 cm³/mol. The lowest BCUT2D eigenvalue weighted by atomic mass is 9.76. The van der Waals surface area contributed by atoms with Gasteiger partial charge in [0.05, 0.1) is 25.3 Å². The minimum absolute atomic E-state index is 0.0288. The number of carbonyl (C=O) groups is 1. The highest BCUT2D eigenvalue weighted by atomic mass is 19.1. The monoisotopic (exact) mass is 469 g/mol. The van der Waals surface area contributed by atoms with Crippen molar-refractivity contribution in [2.24, 2.45) is 10.8 Å². The topological polar surface area (TPSA) is 74.6 Å². The minimum Gasteiger partial charge on any atom is -0.497 e. The van der Waals surface area contributed by atoms with Crippen LogP contribution in [-0.2, 0) is 32.2 Å². The van der Waals surface area contributed by atoms with Crippen molar-refractivity contribution in [1.82, 2.24) is 9.78 Å². The zero-order chi connectivity index (χ0) is 24.8. The van der Waals surface area contributed by atoms with E-state index in [9.17, 15) is 9.18 Å². The van der Waals surface area contributed by atoms with Gasteiger partial charge in [0.1, 0.15) is 11.6 Å². The van der Waals surface area contributed by atoms with Crippen molar-refractivity contribution in [1.29, 1.82) is 0 Å². The molecule has 0 bridgehead atoms. The van der Waals surface area contributed by atoms with Crippen molar-refractivity contribution >= 4 is 23.0 Å². The Balaban J connectivity index is 1.77. The summed E-state index contributed by atoms with van der Waals surface area (Å²) in [7, 11) is 3.26. The Kier molecular flexibility index (Phi) is 5.96. The molecule has 1 heterocycles. The first kappa shape index (κ1) is 23.9. The molecule has 0 saturated heterocycles. The highest BCUT2D eigenvalue weighted by Gasteiger charge is 2.46. The highest BCUT2D eigenvalue weighted by Crippen LogP contribution is 2.55. The summed E-state index contributed by atoms with van der Waals surface area (Å²) in [5.74, 6) is 1.45. The van der Waals surface area contributed by atoms with Crippen LogP contribution in [0, 0.1) is 23.6 Å². The molecule has 2 aliphatic carbocycles. The number of hydrogen-bond donors (Lipinski definition) is 1. The summed E-state index contributed by atoms with van der Waals surface area (Å²) in [6, 6.07) is 5.00. The quantitative estimate of drug-likeness (QED) is 0.565. The number of esters is 1. The van der Waals surface area contributed by atoms with Gasteiger partial charge in [0.25, 0.3) is 0 Å². The van der Waals surface area contributed by atoms with Crippen LogP contribution in [0.15, 0.2) is 35.8 Å². The largest absolute Gasteiger partial charge is 0.497 e. The Morgan fingerprint density at radius 2 is 1.97 bits per heavy atom. The first-order valence-electron chi connectivity index (χ1n) is 11.3. The van der Waals surface area contributed by atoms with Crippen LogP contribution >= 0.6 is 0 Å². The van der Waals surface area contributed by atoms with E-state index in [4.69, 9.17) is 19.3 Å². The average Bonchev–Trinajstić information content (AvgIpc) is 3.25. The number of methoxy groups -OCH3 is 2. The Bertz CT molecular complexity index is 1210. The van der Waals surface area contributed by atoms with Crippen LogP contribution < -0.4 is 5.32 Å². The molecular weight excluding hydrogens is 437 g/mol. The number of nitrogens with one attached hydrogen (secondary N) is 1. The number of allylic oxidation sites excluding steroid dienone is 3. The lowest BCUT2D eigenvalue weighted by molar-refractivity contribution is -0.157. The number of halogens is 1. The lowest BCUT2D eigenvalue weighted by Gasteiger charge is -2.32. The van der Waals surface area contributed by atoms with Gasteiger partial charge >= 0.3 is 5.97 Å². The second-order valence-corrected chi connectivity index (χ2v) is 10.2. The zero-order valence-electron chi connectivity index (χ0n) is 20.8. The maximum atomic E-state index is 14.2. The van der Waals surface area contributed by atoms with Crippen LogP contribution in [0.3, 0.4) is 0 Å². The molecule has 1 aromatic carbocycles. The number of fused-ring (bicyclic) bond motifs is 3. The van der Waals surface area contributed by atoms with Crippen molar-refractivity contribution in [3.05, 3.63) is 58.4 Å². The van der Waals surface area contributed by atoms with Gasteiger partial charge in [-0.05, 0) is 63.5 Å². The normalized spacial score (nSPS) is 19.4. The van der Waals surface area contributed by atoms with E-state index in [1.54, 1.807) is 31.9 Å². The summed E-state index contributed by atoms with van der Waals surface area (Å²) in [4.78, 5) is 12.5.